The molecule has 0 radical (unpaired) electrons. The van der Waals surface area contributed by atoms with Gasteiger partial charge in [-0.25, -0.2) is 0 Å². The normalized spacial score (nSPS) is 10.6. The first-order valence-electron chi connectivity index (χ1n) is 6.34. The standard InChI is InChI=1S/C15H15N3O2S/c1-19-9-5-6-10(11(8-9)20-2)14-13(15(16)18-17-14)12-4-3-7-21-12/h3-8H,1-2H3,(H3,16,17,18). The predicted octanol–water partition coefficient (Wildman–Crippen LogP) is 3.40. The molecule has 0 saturated carbocycles. The molecular weight excluding hydrogens is 286 g/mol. The lowest BCUT2D eigenvalue weighted by Crippen LogP contribution is -1.92. The maximum absolute atomic E-state index is 6.02. The molecule has 0 unspecified atom stereocenters. The first-order chi connectivity index (χ1) is 10.2. The van der Waals surface area contributed by atoms with E-state index in [1.807, 2.05) is 35.7 Å². The summed E-state index contributed by atoms with van der Waals surface area (Å²) in [6.45, 7) is 0. The topological polar surface area (TPSA) is 73.2 Å². The molecule has 0 aliphatic heterocycles. The van der Waals surface area contributed by atoms with Gasteiger partial charge in [0.15, 0.2) is 5.82 Å². The van der Waals surface area contributed by atoms with Crippen LogP contribution in [0.15, 0.2) is 35.7 Å². The van der Waals surface area contributed by atoms with E-state index in [-0.39, 0.29) is 0 Å². The van der Waals surface area contributed by atoms with Crippen molar-refractivity contribution in [3.8, 4) is 33.2 Å². The molecule has 2 aromatic heterocycles. The number of rotatable bonds is 4. The van der Waals surface area contributed by atoms with Crippen LogP contribution in [0.1, 0.15) is 0 Å². The number of aromatic amines is 1. The van der Waals surface area contributed by atoms with Gasteiger partial charge in [-0.1, -0.05) is 6.07 Å². The van der Waals surface area contributed by atoms with Gasteiger partial charge in [0, 0.05) is 16.5 Å². The molecule has 5 nitrogen and oxygen atoms in total. The first kappa shape index (κ1) is 13.5. The Morgan fingerprint density at radius 1 is 1.19 bits per heavy atom. The monoisotopic (exact) mass is 301 g/mol. The molecule has 0 saturated heterocycles. The third-order valence-electron chi connectivity index (χ3n) is 3.24. The largest absolute Gasteiger partial charge is 0.497 e. The molecule has 108 valence electrons. The predicted molar refractivity (Wildman–Crippen MR) is 84.9 cm³/mol. The molecule has 1 aromatic carbocycles. The summed E-state index contributed by atoms with van der Waals surface area (Å²) in [5.74, 6) is 1.92. The van der Waals surface area contributed by atoms with Gasteiger partial charge in [-0.15, -0.1) is 11.3 Å². The van der Waals surface area contributed by atoms with Crippen LogP contribution in [0, 0.1) is 0 Å². The van der Waals surface area contributed by atoms with Crippen molar-refractivity contribution >= 4 is 17.2 Å². The molecule has 3 rings (SSSR count). The summed E-state index contributed by atoms with van der Waals surface area (Å²) in [6, 6.07) is 9.66. The molecule has 0 fully saturated rings. The number of H-pyrrole nitrogens is 1. The number of nitrogens with zero attached hydrogens (tertiary/aromatic N) is 1. The second-order valence-corrected chi connectivity index (χ2v) is 5.35. The van der Waals surface area contributed by atoms with Crippen molar-refractivity contribution in [2.75, 3.05) is 20.0 Å². The first-order valence-corrected chi connectivity index (χ1v) is 7.22. The Hall–Kier alpha value is -2.47. The minimum absolute atomic E-state index is 0.477. The summed E-state index contributed by atoms with van der Waals surface area (Å²) in [7, 11) is 3.25. The Morgan fingerprint density at radius 3 is 2.71 bits per heavy atom. The van der Waals surface area contributed by atoms with Crippen LogP contribution in [0.4, 0.5) is 5.82 Å². The van der Waals surface area contributed by atoms with Crippen molar-refractivity contribution in [2.45, 2.75) is 0 Å². The van der Waals surface area contributed by atoms with Gasteiger partial charge >= 0.3 is 0 Å². The maximum Gasteiger partial charge on any atom is 0.154 e. The van der Waals surface area contributed by atoms with Gasteiger partial charge in [-0.05, 0) is 23.6 Å². The third kappa shape index (κ3) is 2.34. The number of hydrogen-bond acceptors (Lipinski definition) is 5. The van der Waals surface area contributed by atoms with Crippen LogP contribution in [-0.4, -0.2) is 24.4 Å². The Labute approximate surface area is 126 Å². The van der Waals surface area contributed by atoms with Crippen LogP contribution in [0.3, 0.4) is 0 Å². The molecule has 0 amide bonds. The number of nitrogen functional groups attached to an aromatic ring is 1. The van der Waals surface area contributed by atoms with Crippen molar-refractivity contribution in [1.29, 1.82) is 0 Å². The molecule has 0 aliphatic carbocycles. The minimum atomic E-state index is 0.477. The zero-order chi connectivity index (χ0) is 14.8. The zero-order valence-electron chi connectivity index (χ0n) is 11.7. The summed E-state index contributed by atoms with van der Waals surface area (Å²) in [5, 5.41) is 9.15. The van der Waals surface area contributed by atoms with E-state index >= 15 is 0 Å². The molecule has 0 atom stereocenters. The van der Waals surface area contributed by atoms with E-state index in [0.717, 1.165) is 27.4 Å². The van der Waals surface area contributed by atoms with Crippen molar-refractivity contribution in [2.24, 2.45) is 0 Å². The number of benzene rings is 1. The van der Waals surface area contributed by atoms with Crippen LogP contribution in [0.2, 0.25) is 0 Å². The van der Waals surface area contributed by atoms with E-state index in [2.05, 4.69) is 10.2 Å². The van der Waals surface area contributed by atoms with Gasteiger partial charge in [0.1, 0.15) is 11.5 Å². The maximum atomic E-state index is 6.02. The molecule has 6 heteroatoms. The lowest BCUT2D eigenvalue weighted by Gasteiger charge is -2.10. The molecular formula is C15H15N3O2S. The fraction of sp³-hybridized carbons (Fsp3) is 0.133. The van der Waals surface area contributed by atoms with E-state index in [0.29, 0.717) is 11.6 Å². The highest BCUT2D eigenvalue weighted by Gasteiger charge is 2.18. The average Bonchev–Trinajstić information content (AvgIpc) is 3.15. The number of nitrogens with two attached hydrogens (primary N) is 1. The summed E-state index contributed by atoms with van der Waals surface area (Å²) >= 11 is 1.62. The third-order valence-corrected chi connectivity index (χ3v) is 4.13. The van der Waals surface area contributed by atoms with Crippen LogP contribution in [-0.2, 0) is 0 Å². The smallest absolute Gasteiger partial charge is 0.154 e. The summed E-state index contributed by atoms with van der Waals surface area (Å²) in [6.07, 6.45) is 0. The van der Waals surface area contributed by atoms with Gasteiger partial charge in [0.2, 0.25) is 0 Å². The van der Waals surface area contributed by atoms with Crippen molar-refractivity contribution in [1.82, 2.24) is 10.2 Å². The quantitative estimate of drug-likeness (QED) is 0.774. The fourth-order valence-corrected chi connectivity index (χ4v) is 3.01. The Kier molecular flexibility index (Phi) is 3.53. The minimum Gasteiger partial charge on any atom is -0.497 e. The van der Waals surface area contributed by atoms with E-state index in [1.54, 1.807) is 25.6 Å². The van der Waals surface area contributed by atoms with Gasteiger partial charge < -0.3 is 15.2 Å². The van der Waals surface area contributed by atoms with Crippen LogP contribution in [0.5, 0.6) is 11.5 Å². The van der Waals surface area contributed by atoms with Crippen LogP contribution in [0.25, 0.3) is 21.7 Å². The van der Waals surface area contributed by atoms with Gasteiger partial charge in [0.25, 0.3) is 0 Å². The molecule has 2 heterocycles. The van der Waals surface area contributed by atoms with Gasteiger partial charge in [0.05, 0.1) is 25.5 Å². The highest BCUT2D eigenvalue weighted by Crippen LogP contribution is 2.41. The van der Waals surface area contributed by atoms with E-state index < -0.39 is 0 Å². The van der Waals surface area contributed by atoms with Crippen molar-refractivity contribution in [3.63, 3.8) is 0 Å². The number of methoxy groups -OCH3 is 2. The van der Waals surface area contributed by atoms with Gasteiger partial charge in [-0.3, -0.25) is 5.10 Å². The number of anilines is 1. The summed E-state index contributed by atoms with van der Waals surface area (Å²) in [5.41, 5.74) is 8.65. The molecule has 0 spiro atoms. The zero-order valence-corrected chi connectivity index (χ0v) is 12.5. The van der Waals surface area contributed by atoms with E-state index in [1.165, 1.54) is 0 Å². The van der Waals surface area contributed by atoms with E-state index in [4.69, 9.17) is 15.2 Å². The Balaban J connectivity index is 2.18. The lowest BCUT2D eigenvalue weighted by atomic mass is 10.0. The molecule has 0 aliphatic rings. The average molecular weight is 301 g/mol. The SMILES string of the molecule is COc1ccc(-c2[nH]nc(N)c2-c2cccs2)c(OC)c1. The highest BCUT2D eigenvalue weighted by atomic mass is 32.1. The molecule has 3 N–H and O–H groups in total. The second kappa shape index (κ2) is 5.49. The van der Waals surface area contributed by atoms with Crippen molar-refractivity contribution in [3.05, 3.63) is 35.7 Å². The Bertz CT molecular complexity index is 750. The van der Waals surface area contributed by atoms with Gasteiger partial charge in [-0.2, -0.15) is 5.10 Å². The number of thiophene rings is 1. The Morgan fingerprint density at radius 2 is 2.05 bits per heavy atom. The summed E-state index contributed by atoms with van der Waals surface area (Å²) < 4.78 is 10.7. The van der Waals surface area contributed by atoms with E-state index in [9.17, 15) is 0 Å². The highest BCUT2D eigenvalue weighted by molar-refractivity contribution is 7.13. The number of ether oxygens (including phenoxy) is 2. The van der Waals surface area contributed by atoms with Crippen molar-refractivity contribution < 1.29 is 9.47 Å². The summed E-state index contributed by atoms with van der Waals surface area (Å²) in [4.78, 5) is 1.06. The second-order valence-electron chi connectivity index (χ2n) is 4.40. The number of aromatic nitrogens is 2. The number of nitrogens with one attached hydrogen (secondary N) is 1. The molecule has 21 heavy (non-hydrogen) atoms. The molecule has 0 bridgehead atoms. The van der Waals surface area contributed by atoms with Crippen LogP contribution >= 0.6 is 11.3 Å². The van der Waals surface area contributed by atoms with Crippen LogP contribution < -0.4 is 15.2 Å². The lowest BCUT2D eigenvalue weighted by molar-refractivity contribution is 0.395. The molecule has 3 aromatic rings. The fourth-order valence-electron chi connectivity index (χ4n) is 2.23. The number of hydrogen-bond donors (Lipinski definition) is 2.